The Morgan fingerprint density at radius 2 is 0.959 bits per heavy atom. The average molecular weight is 1430 g/mol. The molecule has 0 spiro atoms. The predicted molar refractivity (Wildman–Crippen MR) is 399 cm³/mol. The zero-order valence-corrected chi connectivity index (χ0v) is 62.4. The smallest absolute Gasteiger partial charge is 0.668 e. The van der Waals surface area contributed by atoms with E-state index in [9.17, 15) is 22.8 Å². The minimum Gasteiger partial charge on any atom is -0.668 e. The van der Waals surface area contributed by atoms with Gasteiger partial charge in [0, 0.05) is 105 Å². The second-order valence-corrected chi connectivity index (χ2v) is 36.0. The molecule has 8 N–H and O–H groups in total. The molecule has 2 aromatic carbocycles. The van der Waals surface area contributed by atoms with Gasteiger partial charge in [-0.25, -0.2) is 43.3 Å². The van der Waals surface area contributed by atoms with Crippen LogP contribution in [0.25, 0.3) is 26.9 Å². The maximum Gasteiger partial charge on any atom is 1.00 e. The molecule has 0 aliphatic heterocycles. The fraction of sp³-hybridized carbons (Fsp3) is 0.191. The number of sulfone groups is 1. The number of anilines is 7. The average Bonchev–Trinajstić information content (AvgIpc) is 0.865. The molecule has 10 rings (SSSR count). The van der Waals surface area contributed by atoms with Crippen LogP contribution in [0, 0.1) is 13.8 Å². The summed E-state index contributed by atoms with van der Waals surface area (Å²) in [5.41, 5.74) is 13.8. The molecule has 8 heterocycles. The molecule has 0 saturated heterocycles. The molecule has 0 aliphatic carbocycles. The Kier molecular flexibility index (Phi) is 33.0. The number of aromatic nitrogens is 8. The third-order valence-electron chi connectivity index (χ3n) is 12.5. The summed E-state index contributed by atoms with van der Waals surface area (Å²) in [5, 5.41) is 17.6. The van der Waals surface area contributed by atoms with Crippen molar-refractivity contribution in [2.45, 2.75) is 62.9 Å². The molecule has 3 amide bonds. The van der Waals surface area contributed by atoms with Gasteiger partial charge in [0.05, 0.1) is 33.1 Å². The summed E-state index contributed by atoms with van der Waals surface area (Å²) in [5.74, 6) is 1.47. The van der Waals surface area contributed by atoms with Crippen molar-refractivity contribution in [1.82, 2.24) is 55.8 Å². The molecule has 0 aliphatic rings. The number of hydrogen-bond donors (Lipinski definition) is 7. The fourth-order valence-corrected chi connectivity index (χ4v) is 18.3. The van der Waals surface area contributed by atoms with Gasteiger partial charge in [0.1, 0.15) is 44.3 Å². The summed E-state index contributed by atoms with van der Waals surface area (Å²) < 4.78 is 29.1. The molecule has 29 heteroatoms. The third-order valence-corrected chi connectivity index (χ3v) is 20.5. The third kappa shape index (κ3) is 27.8. The van der Waals surface area contributed by atoms with Crippen molar-refractivity contribution in [1.29, 1.82) is 0 Å². The molecule has 0 bridgehead atoms. The van der Waals surface area contributed by atoms with Crippen molar-refractivity contribution in [3.63, 3.8) is 0 Å². The first kappa shape index (κ1) is 80.8. The Bertz CT molecular complexity index is 4280. The van der Waals surface area contributed by atoms with Gasteiger partial charge in [-0.1, -0.05) is 163 Å². The van der Waals surface area contributed by atoms with E-state index in [-0.39, 0.29) is 58.0 Å². The number of nitrogens with zero attached hydrogens (tertiary/aromatic N) is 9. The maximum atomic E-state index is 12.4. The zero-order chi connectivity index (χ0) is 70.6. The molecule has 10 aromatic rings. The Morgan fingerprint density at radius 1 is 0.495 bits per heavy atom. The number of carbonyl (C=O) groups is 3. The number of halogens is 3. The molecule has 0 radical (unpaired) electrons. The minimum atomic E-state index is -3.54. The summed E-state index contributed by atoms with van der Waals surface area (Å²) in [6, 6.07) is 43.2. The number of rotatable bonds is 15. The number of nitrogens with two attached hydrogens (primary N) is 1. The number of carbonyl (C=O) groups excluding carboxylic acids is 3. The topological polar surface area (TPSA) is 301 Å². The van der Waals surface area contributed by atoms with Crippen LogP contribution in [-0.4, -0.2) is 116 Å². The molecular weight excluding hydrogens is 1350 g/mol. The SMILES string of the molecule is CNC(=O)c1cnc(Cl)cc1Cl.CNC(=O)c1cnc(Cl)cc1Nc1ncccc1C.CNC(=O)c1cnc(Nc2ccc(-c3ccccc3)cn2)cc1Nc1ncccc1S(C)(=O)=O.CSc1cccnc1N.C[Si](C)(C)[N-][Si](C)(C)C.Cc1ccc(-c2ccccc2)cn1.[Li+]. The van der Waals surface area contributed by atoms with Gasteiger partial charge >= 0.3 is 18.9 Å². The number of amides is 3. The van der Waals surface area contributed by atoms with Gasteiger partial charge in [0.25, 0.3) is 17.7 Å². The Balaban J connectivity index is 0.000000269. The number of aryl methyl sites for hydroxylation is 2. The molecule has 8 aromatic heterocycles. The number of hydrogen-bond acceptors (Lipinski definition) is 18. The normalized spacial score (nSPS) is 10.5. The van der Waals surface area contributed by atoms with Crippen LogP contribution < -0.4 is 56.5 Å². The molecular formula is C68H78Cl3LiN16O5S2Si2. The Morgan fingerprint density at radius 3 is 1.42 bits per heavy atom. The van der Waals surface area contributed by atoms with E-state index in [1.807, 2.05) is 117 Å². The summed E-state index contributed by atoms with van der Waals surface area (Å²) in [7, 11) is -1.17. The van der Waals surface area contributed by atoms with Crippen LogP contribution in [-0.2, 0) is 9.84 Å². The summed E-state index contributed by atoms with van der Waals surface area (Å²) in [4.78, 5) is 69.2. The van der Waals surface area contributed by atoms with E-state index >= 15 is 0 Å². The van der Waals surface area contributed by atoms with Crippen molar-refractivity contribution in [3.8, 4) is 22.3 Å². The van der Waals surface area contributed by atoms with Gasteiger partial charge in [0.2, 0.25) is 0 Å². The monoisotopic (exact) mass is 1430 g/mol. The predicted octanol–water partition coefficient (Wildman–Crippen LogP) is 12.6. The molecule has 502 valence electrons. The van der Waals surface area contributed by atoms with Crippen LogP contribution in [0.1, 0.15) is 42.3 Å². The standard InChI is InChI=1S/C24H22N6O3S.C13H13ClN4O.C12H11N.C7H6Cl2N2O.C6H8N2S.C6H18NSi2.Li/c1-25-24(31)18-15-28-22(13-19(18)29-23-20(34(2,32)33)9-6-12-26-23)30-21-11-10-17(14-27-21)16-7-4-3-5-8-16;1-8-4-3-5-16-12(8)18-10-6-11(14)17-7-9(10)13(19)15-2;1-10-7-8-12(9-13-10)11-5-3-2-4-6-11;1-10-7(12)4-3-11-6(9)2-5(4)8;1-9-5-3-2-4-8-6(5)7;1-8(2,3)7-9(4,5)6;/h3-15H,1-2H3,(H,25,31)(H2,26,27,28,29,30);3-7H,1-2H3,(H,15,19)(H,16,17,18);2-9H,1H3;2-3H,1H3,(H,10,12);2-4H,1H3,(H2,7,8);1-6H3;/q;;;;;-1;+1. The van der Waals surface area contributed by atoms with Crippen LogP contribution in [0.2, 0.25) is 54.6 Å². The molecule has 97 heavy (non-hydrogen) atoms. The van der Waals surface area contributed by atoms with Crippen LogP contribution in [0.4, 0.5) is 40.5 Å². The van der Waals surface area contributed by atoms with Gasteiger partial charge in [-0.3, -0.25) is 19.4 Å². The Hall–Kier alpha value is -8.59. The fourth-order valence-electron chi connectivity index (χ4n) is 8.41. The van der Waals surface area contributed by atoms with Crippen LogP contribution in [0.3, 0.4) is 0 Å². The van der Waals surface area contributed by atoms with E-state index in [2.05, 4.69) is 129 Å². The van der Waals surface area contributed by atoms with Gasteiger partial charge < -0.3 is 42.3 Å². The maximum absolute atomic E-state index is 12.4. The summed E-state index contributed by atoms with van der Waals surface area (Å²) in [6.45, 7) is 17.7. The largest absolute Gasteiger partial charge is 1.00 e. The molecule has 0 atom stereocenters. The number of nitrogen functional groups attached to an aromatic ring is 1. The Labute approximate surface area is 601 Å². The van der Waals surface area contributed by atoms with E-state index in [0.717, 1.165) is 33.5 Å². The van der Waals surface area contributed by atoms with Crippen LogP contribution in [0.5, 0.6) is 0 Å². The number of benzene rings is 2. The minimum absolute atomic E-state index is 0. The van der Waals surface area contributed by atoms with Gasteiger partial charge in [-0.05, 0) is 97.5 Å². The van der Waals surface area contributed by atoms with E-state index in [1.54, 1.807) is 49.5 Å². The second-order valence-electron chi connectivity index (χ2n) is 22.5. The first-order valence-corrected chi connectivity index (χ1v) is 40.7. The molecule has 21 nitrogen and oxygen atoms in total. The van der Waals surface area contributed by atoms with Crippen molar-refractivity contribution < 1.29 is 41.7 Å². The van der Waals surface area contributed by atoms with Crippen molar-refractivity contribution in [2.24, 2.45) is 0 Å². The van der Waals surface area contributed by atoms with Gasteiger partial charge in [-0.2, -0.15) is 0 Å². The number of pyridine rings is 8. The van der Waals surface area contributed by atoms with E-state index in [4.69, 9.17) is 45.2 Å². The summed E-state index contributed by atoms with van der Waals surface area (Å²) >= 11 is 18.7. The van der Waals surface area contributed by atoms with Crippen molar-refractivity contribution in [2.75, 3.05) is 55.3 Å². The molecule has 0 fully saturated rings. The molecule has 0 saturated carbocycles. The number of thioether (sulfide) groups is 1. The van der Waals surface area contributed by atoms with Gasteiger partial charge in [0.15, 0.2) is 9.84 Å². The summed E-state index contributed by atoms with van der Waals surface area (Å²) in [6.07, 6.45) is 15.7. The van der Waals surface area contributed by atoms with E-state index in [1.165, 1.54) is 68.2 Å². The number of nitrogens with one attached hydrogen (secondary N) is 6. The first-order chi connectivity index (χ1) is 45.5. The van der Waals surface area contributed by atoms with Crippen LogP contribution >= 0.6 is 46.6 Å². The van der Waals surface area contributed by atoms with Crippen LogP contribution in [0.15, 0.2) is 199 Å². The van der Waals surface area contributed by atoms with Gasteiger partial charge in [-0.15, -0.1) is 11.8 Å². The van der Waals surface area contributed by atoms with Crippen molar-refractivity contribution >= 4 is 131 Å². The zero-order valence-electron chi connectivity index (χ0n) is 56.5. The first-order valence-electron chi connectivity index (χ1n) is 29.5. The molecule has 0 unspecified atom stereocenters. The van der Waals surface area contributed by atoms with Crippen molar-refractivity contribution in [3.05, 3.63) is 237 Å². The van der Waals surface area contributed by atoms with E-state index in [0.29, 0.717) is 55.9 Å². The second kappa shape index (κ2) is 39.6. The quantitative estimate of drug-likeness (QED) is 0.0285. The van der Waals surface area contributed by atoms with E-state index < -0.39 is 26.3 Å².